The van der Waals surface area contributed by atoms with Crippen LogP contribution in [0.3, 0.4) is 0 Å². The number of nitrogens with zero attached hydrogens (tertiary/aromatic N) is 2. The summed E-state index contributed by atoms with van der Waals surface area (Å²) in [7, 11) is 0. The van der Waals surface area contributed by atoms with Gasteiger partial charge in [0.05, 0.1) is 23.4 Å². The number of hydrogen-bond donors (Lipinski definition) is 3. The molecule has 2 atom stereocenters. The number of amides is 2. The van der Waals surface area contributed by atoms with Crippen LogP contribution in [0.4, 0.5) is 4.79 Å². The molecule has 2 aromatic rings. The molecule has 120 valence electrons. The summed E-state index contributed by atoms with van der Waals surface area (Å²) in [6, 6.07) is 8.81. The predicted octanol–water partition coefficient (Wildman–Crippen LogP) is 2.39. The van der Waals surface area contributed by atoms with E-state index < -0.39 is 0 Å². The SMILES string of the molecule is CC(NC(=O)N[C@H](C)CN)c1nc(-c2ccc(C#N)cc2)cs1. The van der Waals surface area contributed by atoms with Crippen LogP contribution in [0.25, 0.3) is 11.3 Å². The molecular formula is C16H19N5OS. The minimum Gasteiger partial charge on any atom is -0.334 e. The molecular weight excluding hydrogens is 310 g/mol. The highest BCUT2D eigenvalue weighted by Gasteiger charge is 2.15. The fourth-order valence-electron chi connectivity index (χ4n) is 1.92. The van der Waals surface area contributed by atoms with Gasteiger partial charge in [-0.05, 0) is 26.0 Å². The van der Waals surface area contributed by atoms with E-state index in [0.29, 0.717) is 12.1 Å². The van der Waals surface area contributed by atoms with Crippen LogP contribution in [0.1, 0.15) is 30.5 Å². The molecule has 0 bridgehead atoms. The first-order valence-electron chi connectivity index (χ1n) is 7.26. The van der Waals surface area contributed by atoms with Crippen molar-refractivity contribution in [2.24, 2.45) is 5.73 Å². The van der Waals surface area contributed by atoms with Crippen LogP contribution in [0.2, 0.25) is 0 Å². The van der Waals surface area contributed by atoms with Gasteiger partial charge in [-0.15, -0.1) is 11.3 Å². The number of nitrogens with one attached hydrogen (secondary N) is 2. The minimum atomic E-state index is -0.259. The Hall–Kier alpha value is -2.43. The number of aromatic nitrogens is 1. The normalized spacial score (nSPS) is 13.0. The molecule has 0 aliphatic heterocycles. The lowest BCUT2D eigenvalue weighted by molar-refractivity contribution is 0.235. The van der Waals surface area contributed by atoms with Crippen molar-refractivity contribution in [1.82, 2.24) is 15.6 Å². The highest BCUT2D eigenvalue weighted by molar-refractivity contribution is 7.10. The van der Waals surface area contributed by atoms with Crippen molar-refractivity contribution in [3.63, 3.8) is 0 Å². The molecule has 0 fully saturated rings. The van der Waals surface area contributed by atoms with E-state index in [1.54, 1.807) is 12.1 Å². The highest BCUT2D eigenvalue weighted by Crippen LogP contribution is 2.25. The van der Waals surface area contributed by atoms with Gasteiger partial charge in [-0.3, -0.25) is 0 Å². The Kier molecular flexibility index (Phi) is 5.68. The first kappa shape index (κ1) is 16.9. The molecule has 4 N–H and O–H groups in total. The molecule has 1 aromatic heterocycles. The van der Waals surface area contributed by atoms with Crippen molar-refractivity contribution in [3.8, 4) is 17.3 Å². The van der Waals surface area contributed by atoms with Crippen LogP contribution < -0.4 is 16.4 Å². The number of thiazole rings is 1. The fraction of sp³-hybridized carbons (Fsp3) is 0.312. The molecule has 0 aliphatic rings. The second-order valence-electron chi connectivity index (χ2n) is 5.24. The van der Waals surface area contributed by atoms with Gasteiger partial charge in [0.1, 0.15) is 5.01 Å². The molecule has 2 amide bonds. The molecule has 2 rings (SSSR count). The summed E-state index contributed by atoms with van der Waals surface area (Å²) in [6.45, 7) is 4.12. The minimum absolute atomic E-state index is 0.0762. The molecule has 1 aromatic carbocycles. The van der Waals surface area contributed by atoms with Gasteiger partial charge >= 0.3 is 6.03 Å². The van der Waals surface area contributed by atoms with Crippen LogP contribution in [0, 0.1) is 11.3 Å². The van der Waals surface area contributed by atoms with Crippen LogP contribution in [0.15, 0.2) is 29.6 Å². The molecule has 0 radical (unpaired) electrons. The molecule has 0 aliphatic carbocycles. The van der Waals surface area contributed by atoms with Crippen molar-refractivity contribution in [2.45, 2.75) is 25.9 Å². The van der Waals surface area contributed by atoms with Gasteiger partial charge in [-0.2, -0.15) is 5.26 Å². The average molecular weight is 329 g/mol. The van der Waals surface area contributed by atoms with E-state index in [4.69, 9.17) is 11.0 Å². The molecule has 0 saturated heterocycles. The molecule has 0 spiro atoms. The lowest BCUT2D eigenvalue weighted by Crippen LogP contribution is -2.44. The zero-order chi connectivity index (χ0) is 16.8. The second-order valence-corrected chi connectivity index (χ2v) is 6.13. The van der Waals surface area contributed by atoms with E-state index in [9.17, 15) is 4.79 Å². The fourth-order valence-corrected chi connectivity index (χ4v) is 2.75. The molecule has 1 heterocycles. The Balaban J connectivity index is 2.03. The largest absolute Gasteiger partial charge is 0.334 e. The molecule has 1 unspecified atom stereocenters. The second kappa shape index (κ2) is 7.72. The van der Waals surface area contributed by atoms with Gasteiger partial charge in [0.2, 0.25) is 0 Å². The molecule has 6 nitrogen and oxygen atoms in total. The molecule has 7 heteroatoms. The lowest BCUT2D eigenvalue weighted by atomic mass is 10.1. The Morgan fingerprint density at radius 2 is 2.04 bits per heavy atom. The van der Waals surface area contributed by atoms with E-state index in [-0.39, 0.29) is 18.1 Å². The third-order valence-corrected chi connectivity index (χ3v) is 4.31. The topological polar surface area (TPSA) is 104 Å². The first-order chi connectivity index (χ1) is 11.0. The maximum absolute atomic E-state index is 11.8. The smallest absolute Gasteiger partial charge is 0.315 e. The Bertz CT molecular complexity index is 704. The van der Waals surface area contributed by atoms with Gasteiger partial charge in [-0.25, -0.2) is 9.78 Å². The molecule has 23 heavy (non-hydrogen) atoms. The van der Waals surface area contributed by atoms with E-state index in [2.05, 4.69) is 21.7 Å². The van der Waals surface area contributed by atoms with Gasteiger partial charge in [0.25, 0.3) is 0 Å². The van der Waals surface area contributed by atoms with Crippen LogP contribution in [-0.4, -0.2) is 23.6 Å². The van der Waals surface area contributed by atoms with E-state index >= 15 is 0 Å². The number of urea groups is 1. The summed E-state index contributed by atoms with van der Waals surface area (Å²) in [6.07, 6.45) is 0. The van der Waals surface area contributed by atoms with Crippen molar-refractivity contribution >= 4 is 17.4 Å². The van der Waals surface area contributed by atoms with Crippen molar-refractivity contribution in [3.05, 3.63) is 40.2 Å². The van der Waals surface area contributed by atoms with Crippen molar-refractivity contribution < 1.29 is 4.79 Å². The third-order valence-electron chi connectivity index (χ3n) is 3.28. The van der Waals surface area contributed by atoms with Gasteiger partial charge in [0, 0.05) is 23.5 Å². The maximum Gasteiger partial charge on any atom is 0.315 e. The van der Waals surface area contributed by atoms with E-state index in [0.717, 1.165) is 16.3 Å². The quantitative estimate of drug-likeness (QED) is 0.783. The van der Waals surface area contributed by atoms with Gasteiger partial charge in [-0.1, -0.05) is 12.1 Å². The molecule has 0 saturated carbocycles. The van der Waals surface area contributed by atoms with E-state index in [1.165, 1.54) is 11.3 Å². The highest BCUT2D eigenvalue weighted by atomic mass is 32.1. The zero-order valence-corrected chi connectivity index (χ0v) is 13.9. The summed E-state index contributed by atoms with van der Waals surface area (Å²) < 4.78 is 0. The van der Waals surface area contributed by atoms with Crippen molar-refractivity contribution in [2.75, 3.05) is 6.54 Å². The van der Waals surface area contributed by atoms with Crippen LogP contribution in [-0.2, 0) is 0 Å². The van der Waals surface area contributed by atoms with Gasteiger partial charge in [0.15, 0.2) is 0 Å². The van der Waals surface area contributed by atoms with Crippen LogP contribution >= 0.6 is 11.3 Å². The zero-order valence-electron chi connectivity index (χ0n) is 13.0. The Morgan fingerprint density at radius 1 is 1.35 bits per heavy atom. The average Bonchev–Trinajstić information content (AvgIpc) is 3.04. The standard InChI is InChI=1S/C16H19N5OS/c1-10(7-17)19-16(22)20-11(2)15-21-14(9-23-15)13-5-3-12(8-18)4-6-13/h3-6,9-11H,7,17H2,1-2H3,(H2,19,20,22)/t10-,11?/m1/s1. The van der Waals surface area contributed by atoms with Gasteiger partial charge < -0.3 is 16.4 Å². The lowest BCUT2D eigenvalue weighted by Gasteiger charge is -2.15. The number of nitrogens with two attached hydrogens (primary N) is 1. The number of carbonyl (C=O) groups is 1. The summed E-state index contributed by atoms with van der Waals surface area (Å²) >= 11 is 1.49. The number of rotatable bonds is 5. The monoisotopic (exact) mass is 329 g/mol. The first-order valence-corrected chi connectivity index (χ1v) is 8.14. The predicted molar refractivity (Wildman–Crippen MR) is 90.9 cm³/mol. The summed E-state index contributed by atoms with van der Waals surface area (Å²) in [5.74, 6) is 0. The van der Waals surface area contributed by atoms with Crippen molar-refractivity contribution in [1.29, 1.82) is 5.26 Å². The summed E-state index contributed by atoms with van der Waals surface area (Å²) in [5.41, 5.74) is 7.87. The third kappa shape index (κ3) is 4.52. The number of nitriles is 1. The number of carbonyl (C=O) groups excluding carboxylic acids is 1. The Morgan fingerprint density at radius 3 is 2.65 bits per heavy atom. The maximum atomic E-state index is 11.8. The summed E-state index contributed by atoms with van der Waals surface area (Å²) in [5, 5.41) is 17.2. The number of hydrogen-bond acceptors (Lipinski definition) is 5. The number of benzene rings is 1. The van der Waals surface area contributed by atoms with Crippen LogP contribution in [0.5, 0.6) is 0 Å². The summed E-state index contributed by atoms with van der Waals surface area (Å²) in [4.78, 5) is 16.4. The van der Waals surface area contributed by atoms with E-state index in [1.807, 2.05) is 31.4 Å². The Labute approximate surface area is 139 Å².